The van der Waals surface area contributed by atoms with Crippen molar-refractivity contribution in [1.29, 1.82) is 0 Å². The second-order valence-corrected chi connectivity index (χ2v) is 12.8. The van der Waals surface area contributed by atoms with Gasteiger partial charge in [-0.2, -0.15) is 0 Å². The van der Waals surface area contributed by atoms with Gasteiger partial charge in [-0.1, -0.05) is 133 Å². The van der Waals surface area contributed by atoms with Crippen LogP contribution in [0.25, 0.3) is 76.5 Å². The number of nitrogens with zero attached hydrogens (tertiary/aromatic N) is 2. The monoisotopic (exact) mass is 638 g/mol. The van der Waals surface area contributed by atoms with Crippen molar-refractivity contribution in [1.82, 2.24) is 4.98 Å². The van der Waals surface area contributed by atoms with E-state index in [9.17, 15) is 0 Å². The van der Waals surface area contributed by atoms with Crippen LogP contribution in [0.4, 0.5) is 17.2 Å². The summed E-state index contributed by atoms with van der Waals surface area (Å²) in [5.74, 6) is 0.792. The molecular formula is C47H30N2O. The van der Waals surface area contributed by atoms with E-state index in [2.05, 4.69) is 150 Å². The summed E-state index contributed by atoms with van der Waals surface area (Å²) in [4.78, 5) is 7.20. The fourth-order valence-corrected chi connectivity index (χ4v) is 7.39. The number of furan rings is 1. The zero-order valence-corrected chi connectivity index (χ0v) is 27.1. The first kappa shape index (κ1) is 28.3. The van der Waals surface area contributed by atoms with E-state index in [-0.39, 0.29) is 0 Å². The van der Waals surface area contributed by atoms with E-state index in [1.165, 1.54) is 49.0 Å². The van der Waals surface area contributed by atoms with Crippen molar-refractivity contribution in [2.45, 2.75) is 0 Å². The zero-order valence-electron chi connectivity index (χ0n) is 27.1. The van der Waals surface area contributed by atoms with Gasteiger partial charge in [0, 0.05) is 34.4 Å². The number of hydrogen-bond donors (Lipinski definition) is 0. The van der Waals surface area contributed by atoms with E-state index in [1.54, 1.807) is 0 Å². The van der Waals surface area contributed by atoms with Crippen LogP contribution in [0.2, 0.25) is 0 Å². The number of fused-ring (bicyclic) bond motifs is 8. The smallest absolute Gasteiger partial charge is 0.141 e. The number of benzene rings is 8. The van der Waals surface area contributed by atoms with Gasteiger partial charge in [0.1, 0.15) is 17.0 Å². The van der Waals surface area contributed by atoms with Crippen molar-refractivity contribution in [3.63, 3.8) is 0 Å². The van der Waals surface area contributed by atoms with Crippen LogP contribution in [0, 0.1) is 0 Å². The Bertz CT molecular complexity index is 2850. The first-order valence-corrected chi connectivity index (χ1v) is 16.9. The minimum atomic E-state index is 0.792. The molecule has 2 aromatic heterocycles. The molecule has 3 nitrogen and oxygen atoms in total. The molecule has 0 amide bonds. The fourth-order valence-electron chi connectivity index (χ4n) is 7.39. The van der Waals surface area contributed by atoms with Gasteiger partial charge in [0.15, 0.2) is 0 Å². The van der Waals surface area contributed by atoms with E-state index in [0.717, 1.165) is 44.7 Å². The van der Waals surface area contributed by atoms with Gasteiger partial charge in [-0.05, 0) is 91.0 Å². The predicted octanol–water partition coefficient (Wildman–Crippen LogP) is 13.2. The lowest BCUT2D eigenvalue weighted by Gasteiger charge is -2.24. The van der Waals surface area contributed by atoms with Crippen LogP contribution >= 0.6 is 0 Å². The standard InChI is InChI=1S/C47H30N2O/c1-2-8-31(9-3-1)32-20-24-38(25-21-32)49(46-29-45-43(30-48-46)41-12-6-7-13-44(41)50-45)39-26-22-33(23-27-39)37-19-16-35-15-18-36-17-14-34-10-4-5-11-40(34)47(36)42(35)28-37/h1-30H. The van der Waals surface area contributed by atoms with Crippen LogP contribution in [0.5, 0.6) is 0 Å². The molecule has 234 valence electrons. The summed E-state index contributed by atoms with van der Waals surface area (Å²) < 4.78 is 6.29. The van der Waals surface area contributed by atoms with Crippen LogP contribution in [0.15, 0.2) is 187 Å². The van der Waals surface area contributed by atoms with Crippen molar-refractivity contribution >= 4 is 71.4 Å². The third kappa shape index (κ3) is 4.71. The Balaban J connectivity index is 1.08. The first-order valence-electron chi connectivity index (χ1n) is 16.9. The summed E-state index contributed by atoms with van der Waals surface area (Å²) in [5, 5.41) is 9.69. The lowest BCUT2D eigenvalue weighted by molar-refractivity contribution is 0.668. The van der Waals surface area contributed by atoms with Crippen LogP contribution in [-0.4, -0.2) is 4.98 Å². The first-order chi connectivity index (χ1) is 24.8. The minimum absolute atomic E-state index is 0.792. The highest BCUT2D eigenvalue weighted by molar-refractivity contribution is 6.20. The Morgan fingerprint density at radius 2 is 0.940 bits per heavy atom. The highest BCUT2D eigenvalue weighted by Gasteiger charge is 2.17. The normalized spacial score (nSPS) is 11.6. The molecule has 0 aliphatic carbocycles. The molecule has 50 heavy (non-hydrogen) atoms. The largest absolute Gasteiger partial charge is 0.456 e. The second-order valence-electron chi connectivity index (χ2n) is 12.8. The average Bonchev–Trinajstić information content (AvgIpc) is 3.56. The topological polar surface area (TPSA) is 29.3 Å². The lowest BCUT2D eigenvalue weighted by atomic mass is 9.94. The quantitative estimate of drug-likeness (QED) is 0.176. The van der Waals surface area contributed by atoms with E-state index in [0.29, 0.717) is 0 Å². The van der Waals surface area contributed by atoms with Gasteiger partial charge in [0.2, 0.25) is 0 Å². The Labute approximate surface area is 289 Å². The molecule has 10 rings (SSSR count). The van der Waals surface area contributed by atoms with Gasteiger partial charge >= 0.3 is 0 Å². The highest BCUT2D eigenvalue weighted by atomic mass is 16.3. The molecule has 0 radical (unpaired) electrons. The molecule has 2 heterocycles. The summed E-state index contributed by atoms with van der Waals surface area (Å²) in [7, 11) is 0. The number of hydrogen-bond acceptors (Lipinski definition) is 3. The van der Waals surface area contributed by atoms with E-state index >= 15 is 0 Å². The van der Waals surface area contributed by atoms with Crippen molar-refractivity contribution in [3.8, 4) is 22.3 Å². The molecule has 0 aliphatic rings. The summed E-state index contributed by atoms with van der Waals surface area (Å²) in [6.45, 7) is 0. The number of pyridine rings is 1. The summed E-state index contributed by atoms with van der Waals surface area (Å²) in [6, 6.07) is 62.5. The molecule has 0 bridgehead atoms. The Hall–Kier alpha value is -6.71. The van der Waals surface area contributed by atoms with Gasteiger partial charge in [-0.25, -0.2) is 4.98 Å². The minimum Gasteiger partial charge on any atom is -0.456 e. The molecule has 0 saturated carbocycles. The molecule has 8 aromatic carbocycles. The molecule has 0 N–H and O–H groups in total. The molecule has 3 heteroatoms. The van der Waals surface area contributed by atoms with Crippen LogP contribution in [-0.2, 0) is 0 Å². The van der Waals surface area contributed by atoms with Crippen LogP contribution in [0.3, 0.4) is 0 Å². The van der Waals surface area contributed by atoms with Crippen molar-refractivity contribution in [3.05, 3.63) is 182 Å². The van der Waals surface area contributed by atoms with Gasteiger partial charge in [0.05, 0.1) is 0 Å². The maximum Gasteiger partial charge on any atom is 0.141 e. The Kier molecular flexibility index (Phi) is 6.49. The molecule has 10 aromatic rings. The Morgan fingerprint density at radius 1 is 0.380 bits per heavy atom. The van der Waals surface area contributed by atoms with Crippen molar-refractivity contribution in [2.75, 3.05) is 4.90 Å². The van der Waals surface area contributed by atoms with Gasteiger partial charge in [-0.3, -0.25) is 4.90 Å². The Morgan fingerprint density at radius 3 is 1.70 bits per heavy atom. The maximum atomic E-state index is 6.29. The van der Waals surface area contributed by atoms with Gasteiger partial charge in [0.25, 0.3) is 0 Å². The van der Waals surface area contributed by atoms with E-state index < -0.39 is 0 Å². The summed E-state index contributed by atoms with van der Waals surface area (Å²) in [5.41, 5.74) is 8.41. The molecule has 0 atom stereocenters. The molecule has 0 spiro atoms. The van der Waals surface area contributed by atoms with Crippen LogP contribution < -0.4 is 4.90 Å². The third-order valence-corrected chi connectivity index (χ3v) is 9.90. The third-order valence-electron chi connectivity index (χ3n) is 9.90. The van der Waals surface area contributed by atoms with Crippen molar-refractivity contribution < 1.29 is 4.42 Å². The molecule has 0 saturated heterocycles. The average molecular weight is 639 g/mol. The van der Waals surface area contributed by atoms with E-state index in [1.807, 2.05) is 36.5 Å². The fraction of sp³-hybridized carbons (Fsp3) is 0. The maximum absolute atomic E-state index is 6.29. The SMILES string of the molecule is c1ccc(-c2ccc(N(c3ccc(-c4ccc5ccc6ccc7ccccc7c6c5c4)cc3)c3cc4oc5ccccc5c4cn3)cc2)cc1. The van der Waals surface area contributed by atoms with Crippen molar-refractivity contribution in [2.24, 2.45) is 0 Å². The number of aromatic nitrogens is 1. The summed E-state index contributed by atoms with van der Waals surface area (Å²) >= 11 is 0. The molecule has 0 fully saturated rings. The highest BCUT2D eigenvalue weighted by Crippen LogP contribution is 2.39. The second kappa shape index (κ2) is 11.5. The molecular weight excluding hydrogens is 609 g/mol. The lowest BCUT2D eigenvalue weighted by Crippen LogP contribution is -2.11. The zero-order chi connectivity index (χ0) is 33.0. The van der Waals surface area contributed by atoms with Crippen LogP contribution in [0.1, 0.15) is 0 Å². The van der Waals surface area contributed by atoms with Gasteiger partial charge in [-0.15, -0.1) is 0 Å². The number of para-hydroxylation sites is 1. The van der Waals surface area contributed by atoms with E-state index in [4.69, 9.17) is 9.40 Å². The number of anilines is 3. The summed E-state index contributed by atoms with van der Waals surface area (Å²) in [6.07, 6.45) is 1.93. The predicted molar refractivity (Wildman–Crippen MR) is 210 cm³/mol. The van der Waals surface area contributed by atoms with Gasteiger partial charge < -0.3 is 4.42 Å². The number of rotatable bonds is 5. The molecule has 0 unspecified atom stereocenters. The molecule has 0 aliphatic heterocycles.